The van der Waals surface area contributed by atoms with E-state index in [1.165, 1.54) is 0 Å². The lowest BCUT2D eigenvalue weighted by molar-refractivity contribution is -0.120. The predicted octanol–water partition coefficient (Wildman–Crippen LogP) is 1.83. The van der Waals surface area contributed by atoms with Gasteiger partial charge in [0.2, 0.25) is 5.91 Å². The molecule has 0 heterocycles. The number of rotatable bonds is 6. The molecule has 4 heteroatoms. The summed E-state index contributed by atoms with van der Waals surface area (Å²) in [5.74, 6) is 0.672. The Labute approximate surface area is 126 Å². The van der Waals surface area contributed by atoms with E-state index in [-0.39, 0.29) is 12.5 Å². The standard InChI is InChI=1S/C17H26N2O2/c1-14-7-9-17(21,10-8-14)13-18-12-16(20)19-11-15-5-3-2-4-6-15/h2-6,14,18,21H,7-13H2,1H3,(H,19,20). The van der Waals surface area contributed by atoms with Gasteiger partial charge in [0.05, 0.1) is 12.1 Å². The van der Waals surface area contributed by atoms with Crippen molar-refractivity contribution in [3.63, 3.8) is 0 Å². The Balaban J connectivity index is 1.63. The minimum Gasteiger partial charge on any atom is -0.389 e. The maximum atomic E-state index is 11.8. The van der Waals surface area contributed by atoms with Crippen LogP contribution >= 0.6 is 0 Å². The molecular formula is C17H26N2O2. The topological polar surface area (TPSA) is 61.4 Å². The van der Waals surface area contributed by atoms with Crippen molar-refractivity contribution in [1.82, 2.24) is 10.6 Å². The van der Waals surface area contributed by atoms with Crippen LogP contribution in [0.25, 0.3) is 0 Å². The molecule has 3 N–H and O–H groups in total. The first kappa shape index (κ1) is 16.0. The molecular weight excluding hydrogens is 264 g/mol. The third-order valence-electron chi connectivity index (χ3n) is 4.28. The van der Waals surface area contributed by atoms with Crippen LogP contribution in [0.1, 0.15) is 38.2 Å². The van der Waals surface area contributed by atoms with E-state index in [0.717, 1.165) is 31.2 Å². The van der Waals surface area contributed by atoms with E-state index in [4.69, 9.17) is 0 Å². The minimum absolute atomic E-state index is 0.0355. The average molecular weight is 290 g/mol. The average Bonchev–Trinajstić information content (AvgIpc) is 2.50. The van der Waals surface area contributed by atoms with Gasteiger partial charge in [0.15, 0.2) is 0 Å². The number of hydrogen-bond donors (Lipinski definition) is 3. The molecule has 1 saturated carbocycles. The smallest absolute Gasteiger partial charge is 0.234 e. The molecule has 0 radical (unpaired) electrons. The first-order valence-corrected chi connectivity index (χ1v) is 7.81. The molecule has 1 amide bonds. The van der Waals surface area contributed by atoms with E-state index in [0.29, 0.717) is 19.0 Å². The third kappa shape index (κ3) is 5.48. The maximum Gasteiger partial charge on any atom is 0.234 e. The highest BCUT2D eigenvalue weighted by Gasteiger charge is 2.31. The van der Waals surface area contributed by atoms with Gasteiger partial charge < -0.3 is 15.7 Å². The molecule has 0 bridgehead atoms. The van der Waals surface area contributed by atoms with Gasteiger partial charge in [0.25, 0.3) is 0 Å². The van der Waals surface area contributed by atoms with Gasteiger partial charge in [-0.15, -0.1) is 0 Å². The van der Waals surface area contributed by atoms with Crippen molar-refractivity contribution in [2.75, 3.05) is 13.1 Å². The highest BCUT2D eigenvalue weighted by atomic mass is 16.3. The molecule has 0 spiro atoms. The summed E-state index contributed by atoms with van der Waals surface area (Å²) in [6, 6.07) is 9.84. The zero-order chi connectivity index (χ0) is 15.1. The van der Waals surface area contributed by atoms with Gasteiger partial charge in [-0.05, 0) is 37.2 Å². The van der Waals surface area contributed by atoms with E-state index in [9.17, 15) is 9.90 Å². The minimum atomic E-state index is -0.633. The summed E-state index contributed by atoms with van der Waals surface area (Å²) in [6.45, 7) is 3.52. The Bertz CT molecular complexity index is 439. The monoisotopic (exact) mass is 290 g/mol. The molecule has 4 nitrogen and oxygen atoms in total. The third-order valence-corrected chi connectivity index (χ3v) is 4.28. The first-order valence-electron chi connectivity index (χ1n) is 7.81. The fraction of sp³-hybridized carbons (Fsp3) is 0.588. The molecule has 1 aliphatic carbocycles. The van der Waals surface area contributed by atoms with Crippen molar-refractivity contribution in [2.24, 2.45) is 5.92 Å². The van der Waals surface area contributed by atoms with Crippen LogP contribution in [0.15, 0.2) is 30.3 Å². The fourth-order valence-corrected chi connectivity index (χ4v) is 2.74. The molecule has 1 aliphatic rings. The number of aliphatic hydroxyl groups is 1. The molecule has 0 aromatic heterocycles. The van der Waals surface area contributed by atoms with Crippen molar-refractivity contribution < 1.29 is 9.90 Å². The largest absolute Gasteiger partial charge is 0.389 e. The van der Waals surface area contributed by atoms with E-state index in [2.05, 4.69) is 17.6 Å². The highest BCUT2D eigenvalue weighted by molar-refractivity contribution is 5.77. The van der Waals surface area contributed by atoms with Gasteiger partial charge in [-0.25, -0.2) is 0 Å². The van der Waals surface area contributed by atoms with Crippen molar-refractivity contribution in [3.05, 3.63) is 35.9 Å². The van der Waals surface area contributed by atoms with Crippen molar-refractivity contribution >= 4 is 5.91 Å². The lowest BCUT2D eigenvalue weighted by atomic mass is 9.79. The molecule has 0 saturated heterocycles. The molecule has 1 aromatic rings. The van der Waals surface area contributed by atoms with E-state index < -0.39 is 5.60 Å². The van der Waals surface area contributed by atoms with Gasteiger partial charge in [0.1, 0.15) is 0 Å². The molecule has 0 atom stereocenters. The van der Waals surface area contributed by atoms with Gasteiger partial charge in [-0.2, -0.15) is 0 Å². The second-order valence-corrected chi connectivity index (χ2v) is 6.27. The van der Waals surface area contributed by atoms with Crippen LogP contribution < -0.4 is 10.6 Å². The Hall–Kier alpha value is -1.39. The molecule has 21 heavy (non-hydrogen) atoms. The highest BCUT2D eigenvalue weighted by Crippen LogP contribution is 2.31. The Morgan fingerprint density at radius 3 is 2.62 bits per heavy atom. The van der Waals surface area contributed by atoms with Crippen LogP contribution in [0, 0.1) is 5.92 Å². The summed E-state index contributed by atoms with van der Waals surface area (Å²) in [6.07, 6.45) is 3.79. The van der Waals surface area contributed by atoms with Crippen LogP contribution in [0.2, 0.25) is 0 Å². The number of benzene rings is 1. The summed E-state index contributed by atoms with van der Waals surface area (Å²) in [5.41, 5.74) is 0.456. The van der Waals surface area contributed by atoms with Gasteiger partial charge >= 0.3 is 0 Å². The molecule has 0 unspecified atom stereocenters. The summed E-state index contributed by atoms with van der Waals surface area (Å²) in [4.78, 5) is 11.8. The van der Waals surface area contributed by atoms with Gasteiger partial charge in [-0.1, -0.05) is 37.3 Å². The molecule has 1 fully saturated rings. The predicted molar refractivity (Wildman–Crippen MR) is 83.7 cm³/mol. The second-order valence-electron chi connectivity index (χ2n) is 6.27. The van der Waals surface area contributed by atoms with E-state index in [1.807, 2.05) is 30.3 Å². The van der Waals surface area contributed by atoms with Crippen LogP contribution in [-0.4, -0.2) is 29.7 Å². The normalized spacial score (nSPS) is 25.5. The lowest BCUT2D eigenvalue weighted by Gasteiger charge is -2.35. The summed E-state index contributed by atoms with van der Waals surface area (Å²) >= 11 is 0. The molecule has 1 aromatic carbocycles. The number of amides is 1. The Morgan fingerprint density at radius 2 is 1.95 bits per heavy atom. The zero-order valence-corrected chi connectivity index (χ0v) is 12.8. The number of carbonyl (C=O) groups excluding carboxylic acids is 1. The van der Waals surface area contributed by atoms with E-state index in [1.54, 1.807) is 0 Å². The van der Waals surface area contributed by atoms with Crippen molar-refractivity contribution in [2.45, 2.75) is 44.8 Å². The lowest BCUT2D eigenvalue weighted by Crippen LogP contribution is -2.46. The van der Waals surface area contributed by atoms with Crippen molar-refractivity contribution in [3.8, 4) is 0 Å². The van der Waals surface area contributed by atoms with Crippen LogP contribution in [-0.2, 0) is 11.3 Å². The SMILES string of the molecule is CC1CCC(O)(CNCC(=O)NCc2ccccc2)CC1. The van der Waals surface area contributed by atoms with Gasteiger partial charge in [0, 0.05) is 13.1 Å². The Kier molecular flexibility index (Phi) is 5.76. The molecule has 116 valence electrons. The number of nitrogens with one attached hydrogen (secondary N) is 2. The second kappa shape index (κ2) is 7.57. The molecule has 2 rings (SSSR count). The number of carbonyl (C=O) groups is 1. The quantitative estimate of drug-likeness (QED) is 0.749. The van der Waals surface area contributed by atoms with Crippen LogP contribution in [0.4, 0.5) is 0 Å². The van der Waals surface area contributed by atoms with Crippen LogP contribution in [0.5, 0.6) is 0 Å². The summed E-state index contributed by atoms with van der Waals surface area (Å²) < 4.78 is 0. The maximum absolute atomic E-state index is 11.8. The first-order chi connectivity index (χ1) is 10.1. The van der Waals surface area contributed by atoms with Gasteiger partial charge in [-0.3, -0.25) is 4.79 Å². The fourth-order valence-electron chi connectivity index (χ4n) is 2.74. The Morgan fingerprint density at radius 1 is 1.29 bits per heavy atom. The molecule has 0 aliphatic heterocycles. The summed E-state index contributed by atoms with van der Waals surface area (Å²) in [5, 5.41) is 16.4. The summed E-state index contributed by atoms with van der Waals surface area (Å²) in [7, 11) is 0. The van der Waals surface area contributed by atoms with Crippen LogP contribution in [0.3, 0.4) is 0 Å². The van der Waals surface area contributed by atoms with E-state index >= 15 is 0 Å². The number of hydrogen-bond acceptors (Lipinski definition) is 3. The van der Waals surface area contributed by atoms with Crippen molar-refractivity contribution in [1.29, 1.82) is 0 Å². The zero-order valence-electron chi connectivity index (χ0n) is 12.8.